The Labute approximate surface area is 173 Å². The molecule has 2 aromatic rings. The number of oxime groups is 1. The van der Waals surface area contributed by atoms with E-state index in [9.17, 15) is 0 Å². The van der Waals surface area contributed by atoms with Crippen LogP contribution in [0.3, 0.4) is 0 Å². The molecule has 0 aromatic heterocycles. The smallest absolute Gasteiger partial charge is 0.119 e. The topological polar surface area (TPSA) is 45.6 Å². The molecule has 0 aliphatic carbocycles. The molecule has 0 saturated heterocycles. The Morgan fingerprint density at radius 1 is 1.14 bits per heavy atom. The van der Waals surface area contributed by atoms with E-state index in [4.69, 9.17) is 16.4 Å². The third-order valence-electron chi connectivity index (χ3n) is 4.93. The molecule has 5 heteroatoms. The molecule has 0 unspecified atom stereocenters. The van der Waals surface area contributed by atoms with E-state index in [0.29, 0.717) is 12.5 Å². The van der Waals surface area contributed by atoms with Crippen LogP contribution in [0.25, 0.3) is 0 Å². The van der Waals surface area contributed by atoms with E-state index in [2.05, 4.69) is 60.0 Å². The van der Waals surface area contributed by atoms with Crippen molar-refractivity contribution in [3.63, 3.8) is 0 Å². The summed E-state index contributed by atoms with van der Waals surface area (Å²) >= 11 is 6.51. The standard InChI is InChI=1S/C23H30ClN3O/c1-16(2)15-28-27-17(3)19-6-4-18(5-7-19)14-26-23-21-11-13-25-12-10-20(21)8-9-22(23)24/h4-9,16,25-26H,10-15H2,1-3H3/b27-17+. The highest BCUT2D eigenvalue weighted by atomic mass is 35.5. The summed E-state index contributed by atoms with van der Waals surface area (Å²) in [7, 11) is 0. The molecule has 1 aliphatic heterocycles. The average molecular weight is 400 g/mol. The van der Waals surface area contributed by atoms with Gasteiger partial charge in [-0.25, -0.2) is 0 Å². The van der Waals surface area contributed by atoms with Crippen LogP contribution in [-0.2, 0) is 24.2 Å². The van der Waals surface area contributed by atoms with Crippen molar-refractivity contribution in [3.05, 3.63) is 63.7 Å². The lowest BCUT2D eigenvalue weighted by Gasteiger charge is -2.16. The average Bonchev–Trinajstić information content (AvgIpc) is 2.93. The Bertz CT molecular complexity index is 815. The van der Waals surface area contributed by atoms with Crippen LogP contribution < -0.4 is 10.6 Å². The number of hydrogen-bond acceptors (Lipinski definition) is 4. The van der Waals surface area contributed by atoms with Crippen molar-refractivity contribution in [1.82, 2.24) is 5.32 Å². The van der Waals surface area contributed by atoms with Gasteiger partial charge in [0.05, 0.1) is 16.4 Å². The molecule has 28 heavy (non-hydrogen) atoms. The molecule has 0 fully saturated rings. The minimum atomic E-state index is 0.473. The van der Waals surface area contributed by atoms with Crippen LogP contribution in [0.1, 0.15) is 43.0 Å². The van der Waals surface area contributed by atoms with Gasteiger partial charge in [0.1, 0.15) is 6.61 Å². The Hall–Kier alpha value is -2.04. The molecule has 1 aliphatic rings. The van der Waals surface area contributed by atoms with Gasteiger partial charge in [-0.15, -0.1) is 0 Å². The molecule has 0 spiro atoms. The normalized spacial score (nSPS) is 14.5. The second-order valence-electron chi connectivity index (χ2n) is 7.73. The molecule has 0 bridgehead atoms. The van der Waals surface area contributed by atoms with Gasteiger partial charge >= 0.3 is 0 Å². The van der Waals surface area contributed by atoms with E-state index in [1.165, 1.54) is 16.7 Å². The highest BCUT2D eigenvalue weighted by Crippen LogP contribution is 2.31. The second-order valence-corrected chi connectivity index (χ2v) is 8.13. The van der Waals surface area contributed by atoms with Crippen LogP contribution in [0.5, 0.6) is 0 Å². The van der Waals surface area contributed by atoms with E-state index in [1.807, 2.05) is 13.0 Å². The van der Waals surface area contributed by atoms with E-state index in [-0.39, 0.29) is 0 Å². The zero-order valence-electron chi connectivity index (χ0n) is 17.0. The Balaban J connectivity index is 1.66. The second kappa shape index (κ2) is 9.94. The largest absolute Gasteiger partial charge is 0.395 e. The molecule has 2 aromatic carbocycles. The van der Waals surface area contributed by atoms with Gasteiger partial charge in [-0.3, -0.25) is 0 Å². The summed E-state index contributed by atoms with van der Waals surface area (Å²) in [5, 5.41) is 12.0. The first-order chi connectivity index (χ1) is 13.5. The molecule has 1 heterocycles. The third-order valence-corrected chi connectivity index (χ3v) is 5.25. The van der Waals surface area contributed by atoms with Crippen LogP contribution in [-0.4, -0.2) is 25.4 Å². The maximum absolute atomic E-state index is 6.51. The minimum absolute atomic E-state index is 0.473. The van der Waals surface area contributed by atoms with E-state index in [1.54, 1.807) is 0 Å². The molecule has 0 amide bonds. The summed E-state index contributed by atoms with van der Waals surface area (Å²) in [5.41, 5.74) is 6.99. The minimum Gasteiger partial charge on any atom is -0.395 e. The highest BCUT2D eigenvalue weighted by molar-refractivity contribution is 6.33. The molecule has 0 radical (unpaired) electrons. The van der Waals surface area contributed by atoms with Gasteiger partial charge in [0.2, 0.25) is 0 Å². The van der Waals surface area contributed by atoms with Crippen LogP contribution in [0.15, 0.2) is 41.6 Å². The van der Waals surface area contributed by atoms with E-state index < -0.39 is 0 Å². The molecule has 150 valence electrons. The summed E-state index contributed by atoms with van der Waals surface area (Å²) in [5.74, 6) is 0.473. The molecular formula is C23H30ClN3O. The molecular weight excluding hydrogens is 370 g/mol. The first-order valence-corrected chi connectivity index (χ1v) is 10.4. The van der Waals surface area contributed by atoms with Gasteiger partial charge in [0, 0.05) is 6.54 Å². The highest BCUT2D eigenvalue weighted by Gasteiger charge is 2.14. The fourth-order valence-corrected chi connectivity index (χ4v) is 3.57. The predicted molar refractivity (Wildman–Crippen MR) is 118 cm³/mol. The van der Waals surface area contributed by atoms with Gasteiger partial charge < -0.3 is 15.5 Å². The SMILES string of the molecule is C/C(=N\OCC(C)C)c1ccc(CNc2c(Cl)ccc3c2CCNCC3)cc1. The van der Waals surface area contributed by atoms with Gasteiger partial charge in [-0.05, 0) is 67.1 Å². The van der Waals surface area contributed by atoms with Crippen LogP contribution in [0, 0.1) is 5.92 Å². The fraction of sp³-hybridized carbons (Fsp3) is 0.435. The lowest BCUT2D eigenvalue weighted by Crippen LogP contribution is -2.16. The number of anilines is 1. The lowest BCUT2D eigenvalue weighted by atomic mass is 10.0. The maximum Gasteiger partial charge on any atom is 0.119 e. The maximum atomic E-state index is 6.51. The molecule has 0 atom stereocenters. The Morgan fingerprint density at radius 2 is 1.89 bits per heavy atom. The van der Waals surface area contributed by atoms with Crippen molar-refractivity contribution in [3.8, 4) is 0 Å². The summed E-state index contributed by atoms with van der Waals surface area (Å²) < 4.78 is 0. The van der Waals surface area contributed by atoms with Crippen LogP contribution >= 0.6 is 11.6 Å². The summed E-state index contributed by atoms with van der Waals surface area (Å²) in [6.45, 7) is 9.59. The quantitative estimate of drug-likeness (QED) is 0.506. The number of hydrogen-bond donors (Lipinski definition) is 2. The number of benzene rings is 2. The summed E-state index contributed by atoms with van der Waals surface area (Å²) in [4.78, 5) is 5.38. The van der Waals surface area contributed by atoms with E-state index in [0.717, 1.165) is 54.5 Å². The summed E-state index contributed by atoms with van der Waals surface area (Å²) in [6.07, 6.45) is 2.05. The number of nitrogens with one attached hydrogen (secondary N) is 2. The molecule has 0 saturated carbocycles. The third kappa shape index (κ3) is 5.49. The van der Waals surface area contributed by atoms with Crippen LogP contribution in [0.2, 0.25) is 5.02 Å². The monoisotopic (exact) mass is 399 g/mol. The number of rotatable bonds is 7. The zero-order valence-corrected chi connectivity index (χ0v) is 17.8. The Kier molecular flexibility index (Phi) is 7.35. The van der Waals surface area contributed by atoms with Gasteiger partial charge in [0.25, 0.3) is 0 Å². The number of halogens is 1. The summed E-state index contributed by atoms with van der Waals surface area (Å²) in [6, 6.07) is 12.6. The first kappa shape index (κ1) is 20.7. The molecule has 2 N–H and O–H groups in total. The number of nitrogens with zero attached hydrogens (tertiary/aromatic N) is 1. The van der Waals surface area contributed by atoms with Gasteiger partial charge in [-0.1, -0.05) is 60.9 Å². The Morgan fingerprint density at radius 3 is 2.64 bits per heavy atom. The van der Waals surface area contributed by atoms with Crippen molar-refractivity contribution in [1.29, 1.82) is 0 Å². The first-order valence-electron chi connectivity index (χ1n) is 10.1. The molecule has 4 nitrogen and oxygen atoms in total. The predicted octanol–water partition coefficient (Wildman–Crippen LogP) is 5.04. The van der Waals surface area contributed by atoms with Gasteiger partial charge in [0.15, 0.2) is 0 Å². The van der Waals surface area contributed by atoms with Crippen molar-refractivity contribution < 1.29 is 4.84 Å². The number of fused-ring (bicyclic) bond motifs is 1. The zero-order chi connectivity index (χ0) is 19.9. The van der Waals surface area contributed by atoms with Crippen molar-refractivity contribution in [2.24, 2.45) is 11.1 Å². The van der Waals surface area contributed by atoms with Gasteiger partial charge in [-0.2, -0.15) is 0 Å². The van der Waals surface area contributed by atoms with Crippen molar-refractivity contribution >= 4 is 23.0 Å². The fourth-order valence-electron chi connectivity index (χ4n) is 3.32. The van der Waals surface area contributed by atoms with E-state index >= 15 is 0 Å². The molecule has 3 rings (SSSR count). The van der Waals surface area contributed by atoms with Crippen molar-refractivity contribution in [2.75, 3.05) is 25.0 Å². The van der Waals surface area contributed by atoms with Crippen molar-refractivity contribution in [2.45, 2.75) is 40.2 Å². The lowest BCUT2D eigenvalue weighted by molar-refractivity contribution is 0.118. The van der Waals surface area contributed by atoms with Crippen LogP contribution in [0.4, 0.5) is 5.69 Å².